The highest BCUT2D eigenvalue weighted by atomic mass is 14.9. The topological polar surface area (TPSA) is 12.0 Å². The van der Waals surface area contributed by atoms with E-state index in [1.807, 2.05) is 6.07 Å². The van der Waals surface area contributed by atoms with Gasteiger partial charge in [-0.3, -0.25) is 5.32 Å². The van der Waals surface area contributed by atoms with E-state index in [9.17, 15) is 0 Å². The van der Waals surface area contributed by atoms with E-state index >= 15 is 0 Å². The van der Waals surface area contributed by atoms with Crippen molar-refractivity contribution in [2.24, 2.45) is 0 Å². The summed E-state index contributed by atoms with van der Waals surface area (Å²) < 4.78 is 0. The van der Waals surface area contributed by atoms with Gasteiger partial charge in [-0.05, 0) is 36.2 Å². The zero-order chi connectivity index (χ0) is 16.1. The zero-order valence-corrected chi connectivity index (χ0v) is 13.6. The van der Waals surface area contributed by atoms with Gasteiger partial charge in [0.05, 0.1) is 5.54 Å². The Balaban J connectivity index is 1.79. The van der Waals surface area contributed by atoms with Crippen LogP contribution in [0.1, 0.15) is 25.0 Å². The molecule has 0 bridgehead atoms. The SMILES string of the molecule is CC(C)(C#Cc1cccc2ccccc12)NCc1ccccc1. The summed E-state index contributed by atoms with van der Waals surface area (Å²) in [4.78, 5) is 0. The van der Waals surface area contributed by atoms with E-state index in [-0.39, 0.29) is 5.54 Å². The number of hydrogen-bond acceptors (Lipinski definition) is 1. The van der Waals surface area contributed by atoms with E-state index in [1.54, 1.807) is 0 Å². The van der Waals surface area contributed by atoms with E-state index < -0.39 is 0 Å². The number of nitrogens with one attached hydrogen (secondary N) is 1. The van der Waals surface area contributed by atoms with Crippen LogP contribution < -0.4 is 5.32 Å². The molecule has 1 nitrogen and oxygen atoms in total. The summed E-state index contributed by atoms with van der Waals surface area (Å²) in [5.74, 6) is 6.73. The van der Waals surface area contributed by atoms with Crippen molar-refractivity contribution in [3.63, 3.8) is 0 Å². The van der Waals surface area contributed by atoms with Gasteiger partial charge < -0.3 is 0 Å². The highest BCUT2D eigenvalue weighted by Gasteiger charge is 2.12. The summed E-state index contributed by atoms with van der Waals surface area (Å²) in [6.45, 7) is 5.06. The molecular formula is C22H21N. The van der Waals surface area contributed by atoms with Crippen molar-refractivity contribution in [3.8, 4) is 11.8 Å². The molecule has 3 rings (SSSR count). The zero-order valence-electron chi connectivity index (χ0n) is 13.6. The van der Waals surface area contributed by atoms with Gasteiger partial charge in [0.1, 0.15) is 0 Å². The molecule has 1 heteroatoms. The van der Waals surface area contributed by atoms with Gasteiger partial charge in [0, 0.05) is 12.1 Å². The second-order valence-electron chi connectivity index (χ2n) is 6.24. The Labute approximate surface area is 138 Å². The molecule has 23 heavy (non-hydrogen) atoms. The average molecular weight is 299 g/mol. The van der Waals surface area contributed by atoms with Crippen LogP contribution in [0.4, 0.5) is 0 Å². The molecule has 0 unspecified atom stereocenters. The average Bonchev–Trinajstić information content (AvgIpc) is 2.59. The first-order valence-corrected chi connectivity index (χ1v) is 7.94. The third kappa shape index (κ3) is 4.00. The summed E-state index contributed by atoms with van der Waals surface area (Å²) in [6.07, 6.45) is 0. The van der Waals surface area contributed by atoms with Crippen molar-refractivity contribution in [2.75, 3.05) is 0 Å². The fourth-order valence-corrected chi connectivity index (χ4v) is 2.52. The van der Waals surface area contributed by atoms with Crippen LogP contribution in [0.5, 0.6) is 0 Å². The highest BCUT2D eigenvalue weighted by molar-refractivity contribution is 5.88. The second kappa shape index (κ2) is 6.69. The second-order valence-corrected chi connectivity index (χ2v) is 6.24. The molecule has 0 amide bonds. The lowest BCUT2D eigenvalue weighted by atomic mass is 10.0. The third-order valence-corrected chi connectivity index (χ3v) is 3.88. The van der Waals surface area contributed by atoms with E-state index in [0.717, 1.165) is 12.1 Å². The van der Waals surface area contributed by atoms with Gasteiger partial charge in [-0.1, -0.05) is 78.6 Å². The first kappa shape index (κ1) is 15.3. The van der Waals surface area contributed by atoms with E-state index in [1.165, 1.54) is 16.3 Å². The molecule has 0 saturated carbocycles. The first-order valence-electron chi connectivity index (χ1n) is 7.94. The van der Waals surface area contributed by atoms with Gasteiger partial charge in [-0.15, -0.1) is 0 Å². The number of hydrogen-bond donors (Lipinski definition) is 1. The molecule has 3 aromatic rings. The molecule has 0 aliphatic heterocycles. The predicted octanol–water partition coefficient (Wildman–Crippen LogP) is 4.76. The molecule has 0 spiro atoms. The molecule has 0 aromatic heterocycles. The minimum atomic E-state index is -0.243. The summed E-state index contributed by atoms with van der Waals surface area (Å²) in [5.41, 5.74) is 2.11. The standard InChI is InChI=1S/C22H21N/c1-22(2,23-17-18-9-4-3-5-10-18)16-15-20-13-8-12-19-11-6-7-14-21(19)20/h3-14,23H,17H2,1-2H3. The molecular weight excluding hydrogens is 278 g/mol. The van der Waals surface area contributed by atoms with E-state index in [2.05, 4.69) is 97.7 Å². The number of fused-ring (bicyclic) bond motifs is 1. The largest absolute Gasteiger partial charge is 0.297 e. The van der Waals surface area contributed by atoms with Gasteiger partial charge in [0.25, 0.3) is 0 Å². The Hall–Kier alpha value is -2.56. The van der Waals surface area contributed by atoms with Crippen LogP contribution in [0.2, 0.25) is 0 Å². The minimum Gasteiger partial charge on any atom is -0.297 e. The predicted molar refractivity (Wildman–Crippen MR) is 98.2 cm³/mol. The molecule has 0 aliphatic rings. The first-order chi connectivity index (χ1) is 11.1. The Kier molecular flexibility index (Phi) is 4.46. The van der Waals surface area contributed by atoms with Gasteiger partial charge in [0.2, 0.25) is 0 Å². The third-order valence-electron chi connectivity index (χ3n) is 3.88. The summed E-state index contributed by atoms with van der Waals surface area (Å²) >= 11 is 0. The van der Waals surface area contributed by atoms with E-state index in [0.29, 0.717) is 0 Å². The van der Waals surface area contributed by atoms with Crippen molar-refractivity contribution in [1.82, 2.24) is 5.32 Å². The Bertz CT molecular complexity index is 846. The Morgan fingerprint density at radius 2 is 1.52 bits per heavy atom. The highest BCUT2D eigenvalue weighted by Crippen LogP contribution is 2.17. The van der Waals surface area contributed by atoms with Crippen LogP contribution in [0, 0.1) is 11.8 Å². The van der Waals surface area contributed by atoms with Crippen molar-refractivity contribution >= 4 is 10.8 Å². The van der Waals surface area contributed by atoms with Gasteiger partial charge >= 0.3 is 0 Å². The quantitative estimate of drug-likeness (QED) is 0.688. The van der Waals surface area contributed by atoms with Crippen LogP contribution in [0.25, 0.3) is 10.8 Å². The molecule has 0 fully saturated rings. The summed E-state index contributed by atoms with van der Waals surface area (Å²) in [7, 11) is 0. The van der Waals surface area contributed by atoms with Gasteiger partial charge in [-0.25, -0.2) is 0 Å². The normalized spacial score (nSPS) is 11.0. The van der Waals surface area contributed by atoms with Crippen LogP contribution >= 0.6 is 0 Å². The van der Waals surface area contributed by atoms with Crippen LogP contribution in [-0.4, -0.2) is 5.54 Å². The van der Waals surface area contributed by atoms with Crippen LogP contribution in [0.3, 0.4) is 0 Å². The number of rotatable bonds is 3. The molecule has 114 valence electrons. The lowest BCUT2D eigenvalue weighted by Gasteiger charge is -2.20. The maximum atomic E-state index is 3.52. The molecule has 3 aromatic carbocycles. The molecule has 0 heterocycles. The molecule has 0 aliphatic carbocycles. The van der Waals surface area contributed by atoms with Gasteiger partial charge in [-0.2, -0.15) is 0 Å². The fraction of sp³-hybridized carbons (Fsp3) is 0.182. The van der Waals surface area contributed by atoms with Crippen LogP contribution in [-0.2, 0) is 6.54 Å². The molecule has 0 atom stereocenters. The maximum Gasteiger partial charge on any atom is 0.0750 e. The maximum absolute atomic E-state index is 3.52. The lowest BCUT2D eigenvalue weighted by molar-refractivity contribution is 0.490. The van der Waals surface area contributed by atoms with Crippen molar-refractivity contribution in [2.45, 2.75) is 25.9 Å². The van der Waals surface area contributed by atoms with Crippen molar-refractivity contribution in [1.29, 1.82) is 0 Å². The summed E-state index contributed by atoms with van der Waals surface area (Å²) in [5, 5.41) is 5.96. The van der Waals surface area contributed by atoms with Crippen molar-refractivity contribution in [3.05, 3.63) is 83.9 Å². The lowest BCUT2D eigenvalue weighted by Crippen LogP contribution is -2.37. The molecule has 1 N–H and O–H groups in total. The summed E-state index contributed by atoms with van der Waals surface area (Å²) in [6, 6.07) is 25.1. The minimum absolute atomic E-state index is 0.243. The Morgan fingerprint density at radius 1 is 0.826 bits per heavy atom. The monoisotopic (exact) mass is 299 g/mol. The molecule has 0 saturated heterocycles. The van der Waals surface area contributed by atoms with Crippen molar-refractivity contribution < 1.29 is 0 Å². The molecule has 0 radical (unpaired) electrons. The van der Waals surface area contributed by atoms with E-state index in [4.69, 9.17) is 0 Å². The van der Waals surface area contributed by atoms with Crippen LogP contribution in [0.15, 0.2) is 72.8 Å². The fourth-order valence-electron chi connectivity index (χ4n) is 2.52. The Morgan fingerprint density at radius 3 is 2.35 bits per heavy atom. The number of benzene rings is 3. The van der Waals surface area contributed by atoms with Gasteiger partial charge in [0.15, 0.2) is 0 Å². The smallest absolute Gasteiger partial charge is 0.0750 e.